The van der Waals surface area contributed by atoms with Crippen LogP contribution in [0.25, 0.3) is 0 Å². The molecule has 0 bridgehead atoms. The Labute approximate surface area is 170 Å². The van der Waals surface area contributed by atoms with Gasteiger partial charge in [-0.3, -0.25) is 9.69 Å². The largest absolute Gasteiger partial charge is 0.484 e. The first-order valence-electron chi connectivity index (χ1n) is 9.15. The maximum Gasteiger partial charge on any atom is 0.258 e. The number of hydrogen-bond donors (Lipinski definition) is 1. The van der Waals surface area contributed by atoms with Crippen LogP contribution in [-0.4, -0.2) is 36.5 Å². The van der Waals surface area contributed by atoms with Gasteiger partial charge in [0, 0.05) is 35.7 Å². The molecule has 0 aromatic heterocycles. The Morgan fingerprint density at radius 3 is 2.52 bits per heavy atom. The van der Waals surface area contributed by atoms with Crippen molar-refractivity contribution in [2.24, 2.45) is 0 Å². The Morgan fingerprint density at radius 1 is 1.15 bits per heavy atom. The Hall–Kier alpha value is -1.75. The van der Waals surface area contributed by atoms with Crippen molar-refractivity contribution >= 4 is 29.1 Å². The maximum absolute atomic E-state index is 12.2. The average molecular weight is 407 g/mol. The maximum atomic E-state index is 12.2. The molecule has 2 aromatic carbocycles. The van der Waals surface area contributed by atoms with Crippen LogP contribution in [0.4, 0.5) is 0 Å². The van der Waals surface area contributed by atoms with Crippen LogP contribution in [0.15, 0.2) is 42.5 Å². The zero-order chi connectivity index (χ0) is 19.2. The summed E-state index contributed by atoms with van der Waals surface area (Å²) < 4.78 is 5.56. The van der Waals surface area contributed by atoms with Crippen LogP contribution in [-0.2, 0) is 11.3 Å². The molecular weight excluding hydrogens is 383 g/mol. The summed E-state index contributed by atoms with van der Waals surface area (Å²) in [7, 11) is 0. The van der Waals surface area contributed by atoms with Gasteiger partial charge in [-0.05, 0) is 61.2 Å². The fourth-order valence-electron chi connectivity index (χ4n) is 3.21. The third-order valence-corrected chi connectivity index (χ3v) is 5.45. The third-order valence-electron chi connectivity index (χ3n) is 4.77. The molecule has 1 fully saturated rings. The van der Waals surface area contributed by atoms with E-state index in [1.165, 1.54) is 5.56 Å². The van der Waals surface area contributed by atoms with Crippen molar-refractivity contribution in [3.63, 3.8) is 0 Å². The number of likely N-dealkylation sites (tertiary alicyclic amines) is 1. The number of nitrogens with one attached hydrogen (secondary N) is 1. The molecular formula is C21H24Cl2N2O2. The summed E-state index contributed by atoms with van der Waals surface area (Å²) in [5.74, 6) is 0.573. The minimum absolute atomic E-state index is 0.0199. The summed E-state index contributed by atoms with van der Waals surface area (Å²) in [5.41, 5.74) is 2.19. The highest BCUT2D eigenvalue weighted by molar-refractivity contribution is 6.31. The first-order chi connectivity index (χ1) is 13.0. The van der Waals surface area contributed by atoms with Gasteiger partial charge in [0.1, 0.15) is 5.75 Å². The summed E-state index contributed by atoms with van der Waals surface area (Å²) in [6, 6.07) is 13.6. The summed E-state index contributed by atoms with van der Waals surface area (Å²) in [6.45, 7) is 4.77. The van der Waals surface area contributed by atoms with Crippen molar-refractivity contribution in [1.82, 2.24) is 10.2 Å². The fourth-order valence-corrected chi connectivity index (χ4v) is 3.45. The van der Waals surface area contributed by atoms with Gasteiger partial charge in [-0.25, -0.2) is 0 Å². The van der Waals surface area contributed by atoms with E-state index in [1.54, 1.807) is 12.1 Å². The molecule has 3 rings (SSSR count). The van der Waals surface area contributed by atoms with Crippen LogP contribution in [0.1, 0.15) is 24.0 Å². The first-order valence-corrected chi connectivity index (χ1v) is 9.90. The highest BCUT2D eigenvalue weighted by Gasteiger charge is 2.20. The SMILES string of the molecule is Cc1cc(OCC(=O)NC2CCN(Cc3ccc(Cl)cc3)CC2)ccc1Cl. The van der Waals surface area contributed by atoms with Crippen LogP contribution >= 0.6 is 23.2 Å². The Kier molecular flexibility index (Phi) is 7.00. The number of amides is 1. The molecule has 1 N–H and O–H groups in total. The predicted molar refractivity (Wildman–Crippen MR) is 110 cm³/mol. The highest BCUT2D eigenvalue weighted by atomic mass is 35.5. The highest BCUT2D eigenvalue weighted by Crippen LogP contribution is 2.21. The number of carbonyl (C=O) groups excluding carboxylic acids is 1. The van der Waals surface area contributed by atoms with Gasteiger partial charge in [0.25, 0.3) is 5.91 Å². The molecule has 1 heterocycles. The van der Waals surface area contributed by atoms with Gasteiger partial charge in [-0.15, -0.1) is 0 Å². The third kappa shape index (κ3) is 6.13. The van der Waals surface area contributed by atoms with E-state index in [0.717, 1.165) is 43.1 Å². The van der Waals surface area contributed by atoms with Crippen molar-refractivity contribution in [2.75, 3.05) is 19.7 Å². The van der Waals surface area contributed by atoms with Gasteiger partial charge in [0.15, 0.2) is 6.61 Å². The number of carbonyl (C=O) groups is 1. The quantitative estimate of drug-likeness (QED) is 0.769. The van der Waals surface area contributed by atoms with E-state index in [2.05, 4.69) is 22.3 Å². The summed E-state index contributed by atoms with van der Waals surface area (Å²) >= 11 is 11.9. The van der Waals surface area contributed by atoms with E-state index in [-0.39, 0.29) is 18.6 Å². The smallest absolute Gasteiger partial charge is 0.258 e. The second kappa shape index (κ2) is 9.45. The molecule has 27 heavy (non-hydrogen) atoms. The van der Waals surface area contributed by atoms with Gasteiger partial charge in [0.05, 0.1) is 0 Å². The lowest BCUT2D eigenvalue weighted by atomic mass is 10.0. The van der Waals surface area contributed by atoms with Crippen molar-refractivity contribution in [1.29, 1.82) is 0 Å². The van der Waals surface area contributed by atoms with Crippen LogP contribution in [0.5, 0.6) is 5.75 Å². The normalized spacial score (nSPS) is 15.5. The van der Waals surface area contributed by atoms with E-state index in [9.17, 15) is 4.79 Å². The molecule has 0 radical (unpaired) electrons. The fraction of sp³-hybridized carbons (Fsp3) is 0.381. The van der Waals surface area contributed by atoms with Gasteiger partial charge in [0.2, 0.25) is 0 Å². The molecule has 0 saturated carbocycles. The lowest BCUT2D eigenvalue weighted by Gasteiger charge is -2.32. The molecule has 2 aromatic rings. The molecule has 1 saturated heterocycles. The van der Waals surface area contributed by atoms with Crippen LogP contribution in [0, 0.1) is 6.92 Å². The molecule has 0 spiro atoms. The molecule has 1 amide bonds. The number of hydrogen-bond acceptors (Lipinski definition) is 3. The monoisotopic (exact) mass is 406 g/mol. The molecule has 4 nitrogen and oxygen atoms in total. The van der Waals surface area contributed by atoms with E-state index in [1.807, 2.05) is 25.1 Å². The second-order valence-electron chi connectivity index (χ2n) is 6.94. The topological polar surface area (TPSA) is 41.6 Å². The lowest BCUT2D eigenvalue weighted by Crippen LogP contribution is -2.45. The van der Waals surface area contributed by atoms with E-state index >= 15 is 0 Å². The van der Waals surface area contributed by atoms with E-state index in [0.29, 0.717) is 10.8 Å². The predicted octanol–water partition coefficient (Wildman–Crippen LogP) is 4.46. The standard InChI is InChI=1S/C21H24Cl2N2O2/c1-15-12-19(6-7-20(15)23)27-14-21(26)24-18-8-10-25(11-9-18)13-16-2-4-17(22)5-3-16/h2-7,12,18H,8-11,13-14H2,1H3,(H,24,26). The van der Waals surface area contributed by atoms with Crippen LogP contribution in [0.3, 0.4) is 0 Å². The van der Waals surface area contributed by atoms with Gasteiger partial charge in [-0.2, -0.15) is 0 Å². The number of rotatable bonds is 6. The zero-order valence-corrected chi connectivity index (χ0v) is 16.9. The van der Waals surface area contributed by atoms with Crippen molar-refractivity contribution < 1.29 is 9.53 Å². The first kappa shape index (κ1) is 20.0. The Balaban J connectivity index is 1.38. The van der Waals surface area contributed by atoms with Gasteiger partial charge >= 0.3 is 0 Å². The number of aryl methyl sites for hydroxylation is 1. The Morgan fingerprint density at radius 2 is 1.85 bits per heavy atom. The summed E-state index contributed by atoms with van der Waals surface area (Å²) in [5, 5.41) is 4.53. The summed E-state index contributed by atoms with van der Waals surface area (Å²) in [4.78, 5) is 14.6. The second-order valence-corrected chi connectivity index (χ2v) is 7.79. The molecule has 0 unspecified atom stereocenters. The zero-order valence-electron chi connectivity index (χ0n) is 15.4. The number of nitrogens with zero attached hydrogens (tertiary/aromatic N) is 1. The molecule has 0 aliphatic carbocycles. The minimum Gasteiger partial charge on any atom is -0.484 e. The summed E-state index contributed by atoms with van der Waals surface area (Å²) in [6.07, 6.45) is 1.89. The molecule has 1 aliphatic heterocycles. The molecule has 1 aliphatic rings. The van der Waals surface area contributed by atoms with Gasteiger partial charge in [-0.1, -0.05) is 35.3 Å². The molecule has 144 valence electrons. The lowest BCUT2D eigenvalue weighted by molar-refractivity contribution is -0.124. The molecule has 6 heteroatoms. The number of ether oxygens (including phenoxy) is 1. The average Bonchev–Trinajstić information content (AvgIpc) is 2.66. The minimum atomic E-state index is -0.0845. The van der Waals surface area contributed by atoms with Gasteiger partial charge < -0.3 is 10.1 Å². The Bertz CT molecular complexity index is 772. The van der Waals surface area contributed by atoms with E-state index in [4.69, 9.17) is 27.9 Å². The van der Waals surface area contributed by atoms with E-state index < -0.39 is 0 Å². The van der Waals surface area contributed by atoms with Crippen LogP contribution in [0.2, 0.25) is 10.0 Å². The van der Waals surface area contributed by atoms with Crippen molar-refractivity contribution in [2.45, 2.75) is 32.4 Å². The molecule has 0 atom stereocenters. The van der Waals surface area contributed by atoms with Crippen molar-refractivity contribution in [3.05, 3.63) is 63.6 Å². The number of halogens is 2. The number of benzene rings is 2. The number of piperidine rings is 1. The van der Waals surface area contributed by atoms with Crippen molar-refractivity contribution in [3.8, 4) is 5.75 Å². The van der Waals surface area contributed by atoms with Crippen LogP contribution < -0.4 is 10.1 Å².